The molecular formula is C21H24FN3O4. The molecule has 1 aliphatic rings. The van der Waals surface area contributed by atoms with Crippen molar-refractivity contribution in [2.24, 2.45) is 0 Å². The molecule has 2 aromatic carbocycles. The summed E-state index contributed by atoms with van der Waals surface area (Å²) < 4.78 is 25.1. The molecule has 2 amide bonds. The van der Waals surface area contributed by atoms with Gasteiger partial charge in [-0.2, -0.15) is 0 Å². The Kier molecular flexibility index (Phi) is 7.15. The Hall–Kier alpha value is -2.97. The fourth-order valence-electron chi connectivity index (χ4n) is 3.07. The second-order valence-corrected chi connectivity index (χ2v) is 6.53. The first-order valence-corrected chi connectivity index (χ1v) is 9.41. The maximum absolute atomic E-state index is 14.9. The van der Waals surface area contributed by atoms with E-state index in [2.05, 4.69) is 15.5 Å². The normalized spacial score (nSPS) is 14.3. The Bertz CT molecular complexity index is 855. The molecule has 1 aliphatic heterocycles. The highest BCUT2D eigenvalue weighted by Gasteiger charge is 2.22. The Morgan fingerprint density at radius 2 is 1.83 bits per heavy atom. The van der Waals surface area contributed by atoms with E-state index in [1.54, 1.807) is 30.3 Å². The number of carbonyl (C=O) groups excluding carboxylic acids is 2. The fraction of sp³-hybridized carbons (Fsp3) is 0.333. The highest BCUT2D eigenvalue weighted by Crippen LogP contribution is 2.27. The summed E-state index contributed by atoms with van der Waals surface area (Å²) in [6.45, 7) is 3.89. The molecule has 7 nitrogen and oxygen atoms in total. The maximum Gasteiger partial charge on any atom is 0.256 e. The third-order valence-electron chi connectivity index (χ3n) is 4.65. The number of anilines is 1. The topological polar surface area (TPSA) is 79.9 Å². The first-order valence-electron chi connectivity index (χ1n) is 9.41. The number of nitrogens with zero attached hydrogens (tertiary/aromatic N) is 1. The van der Waals surface area contributed by atoms with E-state index in [0.717, 1.165) is 13.1 Å². The molecule has 2 aromatic rings. The van der Waals surface area contributed by atoms with E-state index in [1.807, 2.05) is 0 Å². The van der Waals surface area contributed by atoms with Crippen LogP contribution in [0.15, 0.2) is 42.5 Å². The van der Waals surface area contributed by atoms with Crippen molar-refractivity contribution in [3.8, 4) is 5.75 Å². The van der Waals surface area contributed by atoms with Crippen LogP contribution >= 0.6 is 0 Å². The van der Waals surface area contributed by atoms with Gasteiger partial charge < -0.3 is 20.1 Å². The van der Waals surface area contributed by atoms with Crippen LogP contribution in [0.25, 0.3) is 0 Å². The molecule has 29 heavy (non-hydrogen) atoms. The van der Waals surface area contributed by atoms with Crippen LogP contribution in [-0.4, -0.2) is 63.2 Å². The summed E-state index contributed by atoms with van der Waals surface area (Å²) in [5.41, 5.74) is 0.235. The van der Waals surface area contributed by atoms with E-state index in [4.69, 9.17) is 9.47 Å². The van der Waals surface area contributed by atoms with Gasteiger partial charge in [-0.3, -0.25) is 14.5 Å². The minimum atomic E-state index is -0.817. The number of benzene rings is 2. The molecule has 0 saturated carbocycles. The summed E-state index contributed by atoms with van der Waals surface area (Å²) >= 11 is 0. The van der Waals surface area contributed by atoms with E-state index < -0.39 is 17.6 Å². The Labute approximate surface area is 168 Å². The number of carbonyl (C=O) groups is 2. The van der Waals surface area contributed by atoms with Gasteiger partial charge in [-0.15, -0.1) is 0 Å². The van der Waals surface area contributed by atoms with Crippen LogP contribution in [0.2, 0.25) is 0 Å². The summed E-state index contributed by atoms with van der Waals surface area (Å²) in [7, 11) is 1.32. The summed E-state index contributed by atoms with van der Waals surface area (Å²) in [5, 5.41) is 5.34. The summed E-state index contributed by atoms with van der Waals surface area (Å²) in [6, 6.07) is 11.3. The van der Waals surface area contributed by atoms with Gasteiger partial charge in [0.2, 0.25) is 0 Å². The van der Waals surface area contributed by atoms with Crippen LogP contribution in [0.4, 0.5) is 10.1 Å². The molecule has 1 heterocycles. The number of morpholine rings is 1. The molecule has 1 saturated heterocycles. The molecule has 154 valence electrons. The second kappa shape index (κ2) is 9.99. The number of nitrogens with one attached hydrogen (secondary N) is 2. The molecule has 0 spiro atoms. The van der Waals surface area contributed by atoms with Gasteiger partial charge in [0.1, 0.15) is 5.56 Å². The highest BCUT2D eigenvalue weighted by molar-refractivity contribution is 6.09. The third kappa shape index (κ3) is 5.30. The van der Waals surface area contributed by atoms with Crippen molar-refractivity contribution in [2.45, 2.75) is 0 Å². The van der Waals surface area contributed by atoms with Crippen molar-refractivity contribution < 1.29 is 23.5 Å². The van der Waals surface area contributed by atoms with Gasteiger partial charge in [0, 0.05) is 31.7 Å². The zero-order chi connectivity index (χ0) is 20.6. The van der Waals surface area contributed by atoms with Crippen LogP contribution in [0, 0.1) is 5.82 Å². The Morgan fingerprint density at radius 3 is 2.52 bits per heavy atom. The van der Waals surface area contributed by atoms with Crippen LogP contribution < -0.4 is 15.4 Å². The first kappa shape index (κ1) is 20.8. The van der Waals surface area contributed by atoms with Gasteiger partial charge in [0.05, 0.1) is 26.0 Å². The minimum Gasteiger partial charge on any atom is -0.494 e. The van der Waals surface area contributed by atoms with Gasteiger partial charge in [-0.1, -0.05) is 18.2 Å². The molecular weight excluding hydrogens is 377 g/mol. The summed E-state index contributed by atoms with van der Waals surface area (Å²) in [6.07, 6.45) is 0. The molecule has 0 bridgehead atoms. The highest BCUT2D eigenvalue weighted by atomic mass is 19.1. The van der Waals surface area contributed by atoms with Crippen LogP contribution in [-0.2, 0) is 4.74 Å². The monoisotopic (exact) mass is 401 g/mol. The lowest BCUT2D eigenvalue weighted by Crippen LogP contribution is -2.41. The zero-order valence-electron chi connectivity index (χ0n) is 16.2. The van der Waals surface area contributed by atoms with E-state index >= 15 is 0 Å². The van der Waals surface area contributed by atoms with Crippen molar-refractivity contribution in [1.29, 1.82) is 0 Å². The molecule has 0 atom stereocenters. The maximum atomic E-state index is 14.9. The van der Waals surface area contributed by atoms with Gasteiger partial charge >= 0.3 is 0 Å². The van der Waals surface area contributed by atoms with Crippen LogP contribution in [0.3, 0.4) is 0 Å². The van der Waals surface area contributed by atoms with E-state index in [9.17, 15) is 14.0 Å². The molecule has 0 aromatic heterocycles. The molecule has 0 unspecified atom stereocenters. The summed E-state index contributed by atoms with van der Waals surface area (Å²) in [4.78, 5) is 27.3. The van der Waals surface area contributed by atoms with Crippen molar-refractivity contribution >= 4 is 17.5 Å². The quantitative estimate of drug-likeness (QED) is 0.743. The minimum absolute atomic E-state index is 0.0685. The van der Waals surface area contributed by atoms with E-state index in [0.29, 0.717) is 31.9 Å². The molecule has 2 N–H and O–H groups in total. The zero-order valence-corrected chi connectivity index (χ0v) is 16.2. The molecule has 0 aliphatic carbocycles. The second-order valence-electron chi connectivity index (χ2n) is 6.53. The van der Waals surface area contributed by atoms with Crippen LogP contribution in [0.1, 0.15) is 20.7 Å². The smallest absolute Gasteiger partial charge is 0.256 e. The third-order valence-corrected chi connectivity index (χ3v) is 4.65. The largest absolute Gasteiger partial charge is 0.494 e. The van der Waals surface area contributed by atoms with Gasteiger partial charge in [-0.25, -0.2) is 4.39 Å². The number of halogens is 1. The lowest BCUT2D eigenvalue weighted by atomic mass is 10.1. The molecule has 8 heteroatoms. The Morgan fingerprint density at radius 1 is 1.10 bits per heavy atom. The summed E-state index contributed by atoms with van der Waals surface area (Å²) in [5.74, 6) is -1.93. The number of amides is 2. The van der Waals surface area contributed by atoms with Gasteiger partial charge in [-0.05, 0) is 24.3 Å². The average Bonchev–Trinajstić information content (AvgIpc) is 2.75. The lowest BCUT2D eigenvalue weighted by molar-refractivity contribution is 0.0383. The van der Waals surface area contributed by atoms with Crippen molar-refractivity contribution in [2.75, 3.05) is 51.8 Å². The number of rotatable bonds is 7. The van der Waals surface area contributed by atoms with Gasteiger partial charge in [0.15, 0.2) is 11.6 Å². The number of hydrogen-bond acceptors (Lipinski definition) is 5. The fourth-order valence-corrected chi connectivity index (χ4v) is 3.07. The first-order chi connectivity index (χ1) is 14.1. The van der Waals surface area contributed by atoms with E-state index in [1.165, 1.54) is 19.2 Å². The lowest BCUT2D eigenvalue weighted by Gasteiger charge is -2.26. The number of hydrogen-bond donors (Lipinski definition) is 2. The number of ether oxygens (including phenoxy) is 2. The standard InChI is InChI=1S/C21H24FN3O4/c1-28-17-8-7-16(24-20(26)15-5-3-2-4-6-15)18(19(17)22)21(27)23-9-10-25-11-13-29-14-12-25/h2-8H,9-14H2,1H3,(H,23,27)(H,24,26). The predicted molar refractivity (Wildman–Crippen MR) is 107 cm³/mol. The van der Waals surface area contributed by atoms with E-state index in [-0.39, 0.29) is 17.0 Å². The van der Waals surface area contributed by atoms with Gasteiger partial charge in [0.25, 0.3) is 11.8 Å². The average molecular weight is 401 g/mol. The SMILES string of the molecule is COc1ccc(NC(=O)c2ccccc2)c(C(=O)NCCN2CCOCC2)c1F. The predicted octanol–water partition coefficient (Wildman–Crippen LogP) is 2.15. The molecule has 3 rings (SSSR count). The number of methoxy groups -OCH3 is 1. The Balaban J connectivity index is 1.74. The molecule has 1 fully saturated rings. The van der Waals surface area contributed by atoms with Crippen molar-refractivity contribution in [1.82, 2.24) is 10.2 Å². The van der Waals surface area contributed by atoms with Crippen molar-refractivity contribution in [3.05, 3.63) is 59.4 Å². The molecule has 0 radical (unpaired) electrons. The van der Waals surface area contributed by atoms with Crippen LogP contribution in [0.5, 0.6) is 5.75 Å². The van der Waals surface area contributed by atoms with Crippen molar-refractivity contribution in [3.63, 3.8) is 0 Å².